The van der Waals surface area contributed by atoms with Crippen molar-refractivity contribution >= 4 is 78.3 Å². The van der Waals surface area contributed by atoms with Crippen molar-refractivity contribution in [2.75, 3.05) is 99.7 Å². The number of hydrogen-bond donors (Lipinski definition) is 5. The number of amides is 2. The third-order valence-corrected chi connectivity index (χ3v) is 15.4. The van der Waals surface area contributed by atoms with Crippen molar-refractivity contribution in [3.63, 3.8) is 0 Å². The van der Waals surface area contributed by atoms with Gasteiger partial charge in [0, 0.05) is 90.6 Å². The number of fused-ring (bicyclic) bond motifs is 1. The number of benzene rings is 4. The van der Waals surface area contributed by atoms with E-state index in [1.807, 2.05) is 45.3 Å². The second-order valence-corrected chi connectivity index (χ2v) is 21.7. The number of sulfonamides is 2. The molecule has 22 heteroatoms. The average Bonchev–Trinajstić information content (AvgIpc) is 3.32. The first-order chi connectivity index (χ1) is 33.5. The minimum absolute atomic E-state index is 0.00516. The summed E-state index contributed by atoms with van der Waals surface area (Å²) in [5.41, 5.74) is 5.83. The first-order valence-corrected chi connectivity index (χ1v) is 27.3. The SMILES string of the molecule is CNCc1c(Cl)cc(Cl)cc1[C@@H](C)c1ccc(S(=O)(=O)NCCOCCOCCNC(=O)CCC(=O)NCCOCCOCCNS(=O)(=O)c2ccc([C@@H]3CN(C)Cc4c(Cl)cc(Cl)cc43)cc2)cc1. The molecule has 0 saturated heterocycles. The Hall–Kier alpha value is -3.44. The maximum absolute atomic E-state index is 12.9. The molecule has 2 amide bonds. The van der Waals surface area contributed by atoms with E-state index in [0.717, 1.165) is 39.9 Å². The molecule has 0 aromatic heterocycles. The molecule has 0 bridgehead atoms. The molecule has 0 saturated carbocycles. The predicted octanol–water partition coefficient (Wildman–Crippen LogP) is 6.08. The summed E-state index contributed by atoms with van der Waals surface area (Å²) in [4.78, 5) is 26.8. The van der Waals surface area contributed by atoms with Gasteiger partial charge in [0.1, 0.15) is 0 Å². The van der Waals surface area contributed by atoms with Crippen molar-refractivity contribution in [2.45, 2.75) is 54.5 Å². The molecular weight excluding hydrogens is 1030 g/mol. The summed E-state index contributed by atoms with van der Waals surface area (Å²) < 4.78 is 78.5. The Balaban J connectivity index is 0.824. The molecule has 0 spiro atoms. The van der Waals surface area contributed by atoms with Crippen LogP contribution >= 0.6 is 46.4 Å². The van der Waals surface area contributed by atoms with E-state index in [0.29, 0.717) is 33.2 Å². The zero-order valence-corrected chi connectivity index (χ0v) is 44.1. The lowest BCUT2D eigenvalue weighted by Gasteiger charge is -2.33. The standard InChI is InChI=1S/C48H62Cl4N6O10S2/c1-33(40-26-36(49)28-45(51)42(40)30-53-2)34-4-8-38(9-5-34)69(61,62)56-16-20-67-24-22-65-18-14-54-47(59)12-13-48(60)55-15-19-66-23-25-68-21-17-57-70(63,64)39-10-6-35(7-11-39)43-31-58(3)32-44-41(43)27-37(50)29-46(44)52/h4-11,26-29,33,43,53,56-57H,12-25,30-32H2,1-3H3,(H,54,59)(H,55,60)/t33-,43-/m0/s1. The normalized spacial score (nSPS) is 14.6. The van der Waals surface area contributed by atoms with E-state index < -0.39 is 20.0 Å². The van der Waals surface area contributed by atoms with Gasteiger partial charge in [-0.1, -0.05) is 77.6 Å². The summed E-state index contributed by atoms with van der Waals surface area (Å²) >= 11 is 25.5. The Kier molecular flexibility index (Phi) is 23.6. The van der Waals surface area contributed by atoms with Crippen LogP contribution in [0, 0.1) is 0 Å². The van der Waals surface area contributed by atoms with Gasteiger partial charge in [-0.05, 0) is 96.0 Å². The van der Waals surface area contributed by atoms with Gasteiger partial charge in [0.05, 0.1) is 62.6 Å². The van der Waals surface area contributed by atoms with Gasteiger partial charge in [0.25, 0.3) is 0 Å². The van der Waals surface area contributed by atoms with Gasteiger partial charge in [0.15, 0.2) is 0 Å². The fourth-order valence-electron chi connectivity index (χ4n) is 7.73. The van der Waals surface area contributed by atoms with E-state index in [-0.39, 0.29) is 125 Å². The van der Waals surface area contributed by atoms with Gasteiger partial charge in [-0.15, -0.1) is 0 Å². The van der Waals surface area contributed by atoms with Crippen LogP contribution in [-0.4, -0.2) is 133 Å². The highest BCUT2D eigenvalue weighted by molar-refractivity contribution is 7.89. The van der Waals surface area contributed by atoms with Crippen molar-refractivity contribution in [1.29, 1.82) is 0 Å². The molecule has 70 heavy (non-hydrogen) atoms. The number of nitrogens with zero attached hydrogens (tertiary/aromatic N) is 1. The lowest BCUT2D eigenvalue weighted by atomic mass is 9.85. The van der Waals surface area contributed by atoms with Crippen LogP contribution in [0.1, 0.15) is 65.0 Å². The van der Waals surface area contributed by atoms with Gasteiger partial charge in [-0.2, -0.15) is 0 Å². The molecule has 1 aliphatic rings. The third-order valence-electron chi connectivity index (χ3n) is 11.3. The molecule has 0 radical (unpaired) electrons. The molecule has 4 aromatic rings. The second-order valence-electron chi connectivity index (χ2n) is 16.5. The fraction of sp³-hybridized carbons (Fsp3) is 0.458. The number of rotatable bonds is 30. The smallest absolute Gasteiger partial charge is 0.240 e. The van der Waals surface area contributed by atoms with Crippen molar-refractivity contribution in [2.24, 2.45) is 0 Å². The molecule has 0 aliphatic carbocycles. The highest BCUT2D eigenvalue weighted by atomic mass is 35.5. The Morgan fingerprint density at radius 3 is 1.64 bits per heavy atom. The Morgan fingerprint density at radius 2 is 1.13 bits per heavy atom. The van der Waals surface area contributed by atoms with Gasteiger partial charge in [-0.3, -0.25) is 9.59 Å². The Labute approximate surface area is 431 Å². The van der Waals surface area contributed by atoms with Crippen LogP contribution in [0.5, 0.6) is 0 Å². The topological polar surface area (TPSA) is 203 Å². The number of hydrogen-bond acceptors (Lipinski definition) is 12. The highest BCUT2D eigenvalue weighted by Gasteiger charge is 2.28. The Bertz CT molecular complexity index is 2560. The van der Waals surface area contributed by atoms with Crippen LogP contribution in [0.4, 0.5) is 0 Å². The van der Waals surface area contributed by atoms with Crippen LogP contribution in [0.2, 0.25) is 20.1 Å². The number of ether oxygens (including phenoxy) is 4. The largest absolute Gasteiger partial charge is 0.378 e. The number of carbonyl (C=O) groups excluding carboxylic acids is 2. The van der Waals surface area contributed by atoms with E-state index in [9.17, 15) is 26.4 Å². The van der Waals surface area contributed by atoms with Crippen molar-refractivity contribution in [3.05, 3.63) is 126 Å². The van der Waals surface area contributed by atoms with Crippen LogP contribution in [0.15, 0.2) is 82.6 Å². The minimum Gasteiger partial charge on any atom is -0.378 e. The molecule has 5 N–H and O–H groups in total. The van der Waals surface area contributed by atoms with Gasteiger partial charge in [-0.25, -0.2) is 26.3 Å². The molecule has 1 heterocycles. The monoisotopic (exact) mass is 1090 g/mol. The predicted molar refractivity (Wildman–Crippen MR) is 273 cm³/mol. The van der Waals surface area contributed by atoms with Crippen LogP contribution < -0.4 is 25.4 Å². The van der Waals surface area contributed by atoms with Crippen LogP contribution in [0.25, 0.3) is 0 Å². The molecular formula is C48H62Cl4N6O10S2. The first-order valence-electron chi connectivity index (χ1n) is 22.8. The van der Waals surface area contributed by atoms with Gasteiger partial charge < -0.3 is 39.8 Å². The zero-order chi connectivity index (χ0) is 50.7. The maximum atomic E-state index is 12.9. The molecule has 4 aromatic carbocycles. The number of halogens is 4. The molecule has 0 unspecified atom stereocenters. The van der Waals surface area contributed by atoms with Crippen LogP contribution in [0.3, 0.4) is 0 Å². The molecule has 384 valence electrons. The number of likely N-dealkylation sites (N-methyl/N-ethyl adjacent to an activating group) is 1. The van der Waals surface area contributed by atoms with E-state index in [2.05, 4.69) is 30.3 Å². The van der Waals surface area contributed by atoms with E-state index in [4.69, 9.17) is 65.4 Å². The van der Waals surface area contributed by atoms with Gasteiger partial charge >= 0.3 is 0 Å². The van der Waals surface area contributed by atoms with E-state index >= 15 is 0 Å². The lowest BCUT2D eigenvalue weighted by Crippen LogP contribution is -2.31. The third kappa shape index (κ3) is 17.9. The summed E-state index contributed by atoms with van der Waals surface area (Å²) in [5.74, 6) is -0.674. The summed E-state index contributed by atoms with van der Waals surface area (Å²) in [6, 6.07) is 20.7. The summed E-state index contributed by atoms with van der Waals surface area (Å²) in [6.45, 7) is 6.37. The summed E-state index contributed by atoms with van der Waals surface area (Å²) in [6.07, 6.45) is 0.0136. The van der Waals surface area contributed by atoms with Crippen molar-refractivity contribution in [3.8, 4) is 0 Å². The lowest BCUT2D eigenvalue weighted by molar-refractivity contribution is -0.126. The van der Waals surface area contributed by atoms with E-state index in [1.54, 1.807) is 48.5 Å². The summed E-state index contributed by atoms with van der Waals surface area (Å²) in [7, 11) is -3.66. The van der Waals surface area contributed by atoms with Crippen LogP contribution in [-0.2, 0) is 61.7 Å². The van der Waals surface area contributed by atoms with Crippen molar-refractivity contribution < 1.29 is 45.4 Å². The molecule has 1 aliphatic heterocycles. The number of carbonyl (C=O) groups is 2. The maximum Gasteiger partial charge on any atom is 0.240 e. The van der Waals surface area contributed by atoms with E-state index in [1.165, 1.54) is 0 Å². The summed E-state index contributed by atoms with van der Waals surface area (Å²) in [5, 5.41) is 10.8. The molecule has 16 nitrogen and oxygen atoms in total. The Morgan fingerprint density at radius 1 is 0.657 bits per heavy atom. The second kappa shape index (κ2) is 28.7. The zero-order valence-electron chi connectivity index (χ0n) is 39.5. The average molecular weight is 1090 g/mol. The fourth-order valence-corrected chi connectivity index (χ4v) is 10.9. The molecule has 2 atom stereocenters. The molecule has 5 rings (SSSR count). The molecule has 0 fully saturated rings. The first kappa shape index (κ1) is 57.5. The quantitative estimate of drug-likeness (QED) is 0.0377. The number of nitrogens with one attached hydrogen (secondary N) is 5. The highest BCUT2D eigenvalue weighted by Crippen LogP contribution is 2.39. The van der Waals surface area contributed by atoms with Crippen molar-refractivity contribution in [1.82, 2.24) is 30.3 Å². The van der Waals surface area contributed by atoms with Gasteiger partial charge in [0.2, 0.25) is 31.9 Å². The minimum atomic E-state index is -3.76.